The number of hydrogen-bond acceptors (Lipinski definition) is 5. The van der Waals surface area contributed by atoms with E-state index in [0.29, 0.717) is 33.5 Å². The number of carbonyl (C=O) groups is 1. The van der Waals surface area contributed by atoms with Crippen LogP contribution < -0.4 is 15.6 Å². The van der Waals surface area contributed by atoms with Crippen molar-refractivity contribution in [3.8, 4) is 17.1 Å². The molecule has 0 bridgehead atoms. The maximum absolute atomic E-state index is 12.7. The van der Waals surface area contributed by atoms with Gasteiger partial charge in [0.25, 0.3) is 5.56 Å². The van der Waals surface area contributed by atoms with Gasteiger partial charge in [0, 0.05) is 34.1 Å². The molecule has 4 aromatic rings. The minimum absolute atomic E-state index is 0.0361. The number of fused-ring (bicyclic) bond motifs is 1. The summed E-state index contributed by atoms with van der Waals surface area (Å²) in [6, 6.07) is 15.5. The molecule has 0 radical (unpaired) electrons. The van der Waals surface area contributed by atoms with Crippen molar-refractivity contribution >= 4 is 29.0 Å². The van der Waals surface area contributed by atoms with Crippen LogP contribution in [0.2, 0.25) is 5.02 Å². The van der Waals surface area contributed by atoms with Gasteiger partial charge in [0.15, 0.2) is 5.82 Å². The van der Waals surface area contributed by atoms with E-state index in [2.05, 4.69) is 15.4 Å². The van der Waals surface area contributed by atoms with Gasteiger partial charge in [-0.15, -0.1) is 5.10 Å². The smallest absolute Gasteiger partial charge is 0.275 e. The number of benzene rings is 2. The number of methoxy groups -OCH3 is 1. The van der Waals surface area contributed by atoms with Gasteiger partial charge in [-0.1, -0.05) is 17.7 Å². The minimum Gasteiger partial charge on any atom is -0.497 e. The lowest BCUT2D eigenvalue weighted by Crippen LogP contribution is -2.25. The van der Waals surface area contributed by atoms with E-state index in [1.165, 1.54) is 10.6 Å². The zero-order chi connectivity index (χ0) is 21.3. The summed E-state index contributed by atoms with van der Waals surface area (Å²) in [5.74, 6) is 1.02. The van der Waals surface area contributed by atoms with Gasteiger partial charge in [0.1, 0.15) is 12.3 Å². The Hall–Kier alpha value is -3.65. The molecule has 0 saturated carbocycles. The molecule has 0 fully saturated rings. The average Bonchev–Trinajstić information content (AvgIpc) is 3.18. The first-order valence-electron chi connectivity index (χ1n) is 9.11. The summed E-state index contributed by atoms with van der Waals surface area (Å²) in [5, 5.41) is 7.73. The number of nitrogens with one attached hydrogen (secondary N) is 1. The third-order valence-electron chi connectivity index (χ3n) is 4.56. The number of amides is 1. The first-order valence-corrected chi connectivity index (χ1v) is 9.49. The van der Waals surface area contributed by atoms with Crippen molar-refractivity contribution in [2.24, 2.45) is 0 Å². The molecule has 0 aliphatic carbocycles. The van der Waals surface area contributed by atoms with Crippen LogP contribution in [-0.2, 0) is 11.3 Å². The molecular formula is C21H18ClN5O3. The van der Waals surface area contributed by atoms with Gasteiger partial charge in [0.2, 0.25) is 11.7 Å². The summed E-state index contributed by atoms with van der Waals surface area (Å²) < 4.78 is 8.01. The van der Waals surface area contributed by atoms with Crippen LogP contribution in [0.25, 0.3) is 17.2 Å². The van der Waals surface area contributed by atoms with Crippen LogP contribution in [0, 0.1) is 6.92 Å². The molecule has 2 aromatic heterocycles. The Morgan fingerprint density at radius 3 is 2.67 bits per heavy atom. The highest BCUT2D eigenvalue weighted by molar-refractivity contribution is 6.30. The number of halogens is 1. The van der Waals surface area contributed by atoms with E-state index in [-0.39, 0.29) is 23.8 Å². The van der Waals surface area contributed by atoms with E-state index >= 15 is 0 Å². The molecule has 152 valence electrons. The standard InChI is InChI=1S/C21H18ClN5O3/c1-13-10-19(29)27-21(24-20(25-27)14-6-8-15(22)9-7-14)26(13)12-18(28)23-16-4-3-5-17(11-16)30-2/h3-11H,12H2,1-2H3,(H,23,28). The third-order valence-corrected chi connectivity index (χ3v) is 4.81. The molecule has 0 aliphatic rings. The number of nitrogens with zero attached hydrogens (tertiary/aromatic N) is 4. The SMILES string of the molecule is COc1cccc(NC(=O)Cn2c(C)cc(=O)n3nc(-c4ccc(Cl)cc4)nc23)c1. The molecule has 0 spiro atoms. The molecule has 0 saturated heterocycles. The molecule has 1 N–H and O–H groups in total. The van der Waals surface area contributed by atoms with Gasteiger partial charge in [-0.05, 0) is 43.3 Å². The third kappa shape index (κ3) is 3.90. The molecule has 9 heteroatoms. The van der Waals surface area contributed by atoms with Gasteiger partial charge in [-0.2, -0.15) is 9.50 Å². The molecule has 30 heavy (non-hydrogen) atoms. The predicted octanol–water partition coefficient (Wildman–Crippen LogP) is 3.17. The fourth-order valence-corrected chi connectivity index (χ4v) is 3.19. The van der Waals surface area contributed by atoms with E-state index < -0.39 is 0 Å². The van der Waals surface area contributed by atoms with E-state index in [0.717, 1.165) is 0 Å². The highest BCUT2D eigenvalue weighted by Gasteiger charge is 2.16. The number of carbonyl (C=O) groups excluding carboxylic acids is 1. The van der Waals surface area contributed by atoms with Crippen LogP contribution in [-0.4, -0.2) is 32.2 Å². The summed E-state index contributed by atoms with van der Waals surface area (Å²) in [6.45, 7) is 1.71. The van der Waals surface area contributed by atoms with Crippen molar-refractivity contribution in [2.45, 2.75) is 13.5 Å². The van der Waals surface area contributed by atoms with E-state index in [4.69, 9.17) is 16.3 Å². The number of hydrogen-bond donors (Lipinski definition) is 1. The van der Waals surface area contributed by atoms with Gasteiger partial charge in [0.05, 0.1) is 7.11 Å². The highest BCUT2D eigenvalue weighted by Crippen LogP contribution is 2.20. The maximum Gasteiger partial charge on any atom is 0.275 e. The van der Waals surface area contributed by atoms with Crippen LogP contribution in [0.1, 0.15) is 5.69 Å². The lowest BCUT2D eigenvalue weighted by molar-refractivity contribution is -0.116. The topological polar surface area (TPSA) is 90.5 Å². The summed E-state index contributed by atoms with van der Waals surface area (Å²) in [7, 11) is 1.56. The normalized spacial score (nSPS) is 10.9. The molecule has 0 aliphatic heterocycles. The minimum atomic E-state index is -0.320. The van der Waals surface area contributed by atoms with Crippen molar-refractivity contribution in [2.75, 3.05) is 12.4 Å². The number of rotatable bonds is 5. The van der Waals surface area contributed by atoms with E-state index in [1.807, 2.05) is 0 Å². The van der Waals surface area contributed by atoms with E-state index in [1.54, 1.807) is 67.1 Å². The van der Waals surface area contributed by atoms with Crippen LogP contribution in [0.5, 0.6) is 5.75 Å². The summed E-state index contributed by atoms with van der Waals surface area (Å²) in [4.78, 5) is 29.6. The van der Waals surface area contributed by atoms with Gasteiger partial charge >= 0.3 is 0 Å². The number of aryl methyl sites for hydroxylation is 1. The predicted molar refractivity (Wildman–Crippen MR) is 114 cm³/mol. The molecular weight excluding hydrogens is 406 g/mol. The Morgan fingerprint density at radius 2 is 1.93 bits per heavy atom. The quantitative estimate of drug-likeness (QED) is 0.532. The number of ether oxygens (including phenoxy) is 1. The second kappa shape index (κ2) is 8.00. The van der Waals surface area contributed by atoms with Crippen LogP contribution >= 0.6 is 11.6 Å². The Labute approximate surface area is 176 Å². The molecule has 0 unspecified atom stereocenters. The fraction of sp³-hybridized carbons (Fsp3) is 0.143. The van der Waals surface area contributed by atoms with Crippen molar-refractivity contribution in [1.82, 2.24) is 19.2 Å². The molecule has 8 nitrogen and oxygen atoms in total. The first-order chi connectivity index (χ1) is 14.4. The van der Waals surface area contributed by atoms with E-state index in [9.17, 15) is 9.59 Å². The Morgan fingerprint density at radius 1 is 1.17 bits per heavy atom. The van der Waals surface area contributed by atoms with Crippen molar-refractivity contribution in [3.05, 3.63) is 75.7 Å². The van der Waals surface area contributed by atoms with Crippen LogP contribution in [0.15, 0.2) is 59.4 Å². The summed E-state index contributed by atoms with van der Waals surface area (Å²) in [6.07, 6.45) is 0. The molecule has 2 aromatic carbocycles. The van der Waals surface area contributed by atoms with Crippen molar-refractivity contribution < 1.29 is 9.53 Å². The number of aromatic nitrogens is 4. The zero-order valence-electron chi connectivity index (χ0n) is 16.3. The largest absolute Gasteiger partial charge is 0.497 e. The number of anilines is 1. The monoisotopic (exact) mass is 423 g/mol. The average molecular weight is 424 g/mol. The summed E-state index contributed by atoms with van der Waals surface area (Å²) in [5.41, 5.74) is 1.60. The highest BCUT2D eigenvalue weighted by atomic mass is 35.5. The zero-order valence-corrected chi connectivity index (χ0v) is 17.1. The van der Waals surface area contributed by atoms with Gasteiger partial charge in [-0.3, -0.25) is 9.59 Å². The molecule has 1 amide bonds. The second-order valence-electron chi connectivity index (χ2n) is 6.64. The molecule has 2 heterocycles. The molecule has 0 atom stereocenters. The maximum atomic E-state index is 12.7. The molecule has 4 rings (SSSR count). The lowest BCUT2D eigenvalue weighted by Gasteiger charge is -2.12. The Kier molecular flexibility index (Phi) is 5.24. The summed E-state index contributed by atoms with van der Waals surface area (Å²) >= 11 is 5.94. The fourth-order valence-electron chi connectivity index (χ4n) is 3.06. The first kappa shape index (κ1) is 19.7. The van der Waals surface area contributed by atoms with Crippen molar-refractivity contribution in [1.29, 1.82) is 0 Å². The Bertz CT molecular complexity index is 1290. The van der Waals surface area contributed by atoms with Crippen molar-refractivity contribution in [3.63, 3.8) is 0 Å². The van der Waals surface area contributed by atoms with Gasteiger partial charge < -0.3 is 14.6 Å². The van der Waals surface area contributed by atoms with Gasteiger partial charge in [-0.25, -0.2) is 0 Å². The van der Waals surface area contributed by atoms with Crippen LogP contribution in [0.4, 0.5) is 5.69 Å². The second-order valence-corrected chi connectivity index (χ2v) is 7.08. The Balaban J connectivity index is 1.68. The van der Waals surface area contributed by atoms with Crippen LogP contribution in [0.3, 0.4) is 0 Å². The lowest BCUT2D eigenvalue weighted by atomic mass is 10.2.